The third kappa shape index (κ3) is 4.43. The van der Waals surface area contributed by atoms with E-state index in [1.54, 1.807) is 4.31 Å². The van der Waals surface area contributed by atoms with Gasteiger partial charge in [0.25, 0.3) is 0 Å². The lowest BCUT2D eigenvalue weighted by atomic mass is 10.0. The van der Waals surface area contributed by atoms with Gasteiger partial charge in [-0.3, -0.25) is 0 Å². The Labute approximate surface area is 118 Å². The Bertz CT molecular complexity index is 377. The molecule has 1 heterocycles. The maximum absolute atomic E-state index is 12.4. The number of nitrogens with zero attached hydrogens (tertiary/aromatic N) is 1. The number of nitrogens with one attached hydrogen (secondary N) is 1. The summed E-state index contributed by atoms with van der Waals surface area (Å²) in [5.74, 6) is 0.747. The molecule has 1 saturated carbocycles. The first kappa shape index (κ1) is 15.3. The van der Waals surface area contributed by atoms with E-state index in [0.717, 1.165) is 44.8 Å². The zero-order chi connectivity index (χ0) is 13.9. The van der Waals surface area contributed by atoms with Crippen LogP contribution in [0.2, 0.25) is 0 Å². The van der Waals surface area contributed by atoms with Gasteiger partial charge in [-0.15, -0.1) is 0 Å². The van der Waals surface area contributed by atoms with Crippen LogP contribution in [-0.4, -0.2) is 43.6 Å². The molecule has 0 aromatic heterocycles. The molecule has 0 spiro atoms. The van der Waals surface area contributed by atoms with Gasteiger partial charge in [-0.2, -0.15) is 4.31 Å². The van der Waals surface area contributed by atoms with Crippen LogP contribution in [0.5, 0.6) is 0 Å². The van der Waals surface area contributed by atoms with E-state index in [0.29, 0.717) is 11.7 Å². The molecule has 2 rings (SSSR count). The van der Waals surface area contributed by atoms with Crippen molar-refractivity contribution in [2.75, 3.05) is 18.8 Å². The van der Waals surface area contributed by atoms with Crippen molar-refractivity contribution in [1.82, 2.24) is 9.62 Å². The van der Waals surface area contributed by atoms with Gasteiger partial charge in [0.05, 0.1) is 5.75 Å². The summed E-state index contributed by atoms with van der Waals surface area (Å²) in [7, 11) is -3.03. The van der Waals surface area contributed by atoms with E-state index >= 15 is 0 Å². The molecule has 1 atom stereocenters. The molecule has 112 valence electrons. The molecule has 0 aromatic carbocycles. The third-order valence-electron chi connectivity index (χ3n) is 4.21. The second kappa shape index (κ2) is 6.55. The van der Waals surface area contributed by atoms with E-state index in [9.17, 15) is 8.42 Å². The maximum Gasteiger partial charge on any atom is 0.214 e. The molecule has 0 bridgehead atoms. The Kier molecular flexibility index (Phi) is 5.26. The molecule has 4 nitrogen and oxygen atoms in total. The minimum Gasteiger partial charge on any atom is -0.314 e. The van der Waals surface area contributed by atoms with Crippen LogP contribution in [0.15, 0.2) is 0 Å². The highest BCUT2D eigenvalue weighted by Gasteiger charge is 2.35. The summed E-state index contributed by atoms with van der Waals surface area (Å²) in [6.07, 6.45) is 6.38. The first-order valence-electron chi connectivity index (χ1n) is 7.73. The second-order valence-corrected chi connectivity index (χ2v) is 8.36. The normalized spacial score (nSPS) is 25.3. The molecular formula is C14H28N2O2S. The fraction of sp³-hybridized carbons (Fsp3) is 1.00. The van der Waals surface area contributed by atoms with Gasteiger partial charge in [0.2, 0.25) is 10.0 Å². The summed E-state index contributed by atoms with van der Waals surface area (Å²) >= 11 is 0. The molecular weight excluding hydrogens is 260 g/mol. The molecule has 2 aliphatic rings. The minimum absolute atomic E-state index is 0.231. The van der Waals surface area contributed by atoms with Crippen molar-refractivity contribution in [3.05, 3.63) is 0 Å². The van der Waals surface area contributed by atoms with Gasteiger partial charge >= 0.3 is 0 Å². The van der Waals surface area contributed by atoms with Crippen molar-refractivity contribution in [2.45, 2.75) is 64.5 Å². The van der Waals surface area contributed by atoms with E-state index in [4.69, 9.17) is 0 Å². The smallest absolute Gasteiger partial charge is 0.214 e. The first-order valence-corrected chi connectivity index (χ1v) is 9.34. The summed E-state index contributed by atoms with van der Waals surface area (Å²) in [6, 6.07) is 0.954. The third-order valence-corrected chi connectivity index (χ3v) is 6.19. The van der Waals surface area contributed by atoms with Crippen LogP contribution in [0.25, 0.3) is 0 Å². The van der Waals surface area contributed by atoms with Gasteiger partial charge in [0.15, 0.2) is 0 Å². The lowest BCUT2D eigenvalue weighted by molar-refractivity contribution is 0.315. The molecule has 1 aliphatic heterocycles. The molecule has 1 unspecified atom stereocenters. The maximum atomic E-state index is 12.4. The Balaban J connectivity index is 1.73. The predicted molar refractivity (Wildman–Crippen MR) is 78.6 cm³/mol. The fourth-order valence-corrected chi connectivity index (χ4v) is 4.87. The van der Waals surface area contributed by atoms with Gasteiger partial charge in [0, 0.05) is 18.6 Å². The van der Waals surface area contributed by atoms with Crippen LogP contribution in [-0.2, 0) is 10.0 Å². The Morgan fingerprint density at radius 3 is 2.58 bits per heavy atom. The van der Waals surface area contributed by atoms with Crippen LogP contribution >= 0.6 is 0 Å². The quantitative estimate of drug-likeness (QED) is 0.695. The number of hydrogen-bond donors (Lipinski definition) is 1. The predicted octanol–water partition coefficient (Wildman–Crippen LogP) is 1.97. The highest BCUT2D eigenvalue weighted by atomic mass is 32.2. The topological polar surface area (TPSA) is 49.4 Å². The van der Waals surface area contributed by atoms with E-state index in [1.165, 1.54) is 12.8 Å². The van der Waals surface area contributed by atoms with Crippen molar-refractivity contribution in [3.8, 4) is 0 Å². The van der Waals surface area contributed by atoms with E-state index in [2.05, 4.69) is 19.2 Å². The highest BCUT2D eigenvalue weighted by Crippen LogP contribution is 2.27. The SMILES string of the molecule is CC(C)C1CCCN1S(=O)(=O)CCCCNC1CC1. The zero-order valence-corrected chi connectivity index (χ0v) is 13.1. The van der Waals surface area contributed by atoms with Crippen LogP contribution in [0.4, 0.5) is 0 Å². The van der Waals surface area contributed by atoms with Crippen molar-refractivity contribution < 1.29 is 8.42 Å². The number of unbranched alkanes of at least 4 members (excludes halogenated alkanes) is 1. The molecule has 1 saturated heterocycles. The molecule has 5 heteroatoms. The molecule has 0 amide bonds. The van der Waals surface area contributed by atoms with Gasteiger partial charge < -0.3 is 5.32 Å². The standard InChI is InChI=1S/C14H28N2O2S/c1-12(2)14-6-5-10-16(14)19(17,18)11-4-3-9-15-13-7-8-13/h12-15H,3-11H2,1-2H3. The van der Waals surface area contributed by atoms with Gasteiger partial charge in [-0.1, -0.05) is 13.8 Å². The van der Waals surface area contributed by atoms with E-state index < -0.39 is 10.0 Å². The Morgan fingerprint density at radius 2 is 1.95 bits per heavy atom. The fourth-order valence-electron chi connectivity index (χ4n) is 2.90. The number of rotatable bonds is 8. The average molecular weight is 288 g/mol. The summed E-state index contributed by atoms with van der Waals surface area (Å²) in [5.41, 5.74) is 0. The minimum atomic E-state index is -3.03. The summed E-state index contributed by atoms with van der Waals surface area (Å²) in [6.45, 7) is 5.94. The summed E-state index contributed by atoms with van der Waals surface area (Å²) in [5, 5.41) is 3.43. The molecule has 19 heavy (non-hydrogen) atoms. The van der Waals surface area contributed by atoms with Crippen molar-refractivity contribution >= 4 is 10.0 Å². The highest BCUT2D eigenvalue weighted by molar-refractivity contribution is 7.89. The largest absolute Gasteiger partial charge is 0.314 e. The second-order valence-electron chi connectivity index (χ2n) is 6.32. The van der Waals surface area contributed by atoms with Crippen molar-refractivity contribution in [2.24, 2.45) is 5.92 Å². The van der Waals surface area contributed by atoms with Crippen molar-refractivity contribution in [1.29, 1.82) is 0 Å². The summed E-state index contributed by atoms with van der Waals surface area (Å²) < 4.78 is 26.5. The van der Waals surface area contributed by atoms with Crippen LogP contribution in [0.3, 0.4) is 0 Å². The van der Waals surface area contributed by atoms with Gasteiger partial charge in [0.1, 0.15) is 0 Å². The molecule has 1 N–H and O–H groups in total. The van der Waals surface area contributed by atoms with E-state index in [-0.39, 0.29) is 6.04 Å². The first-order chi connectivity index (χ1) is 9.00. The monoisotopic (exact) mass is 288 g/mol. The van der Waals surface area contributed by atoms with Crippen LogP contribution < -0.4 is 5.32 Å². The molecule has 0 radical (unpaired) electrons. The summed E-state index contributed by atoms with van der Waals surface area (Å²) in [4.78, 5) is 0. The van der Waals surface area contributed by atoms with Gasteiger partial charge in [-0.25, -0.2) is 8.42 Å². The lowest BCUT2D eigenvalue weighted by Gasteiger charge is -2.26. The lowest BCUT2D eigenvalue weighted by Crippen LogP contribution is -2.39. The van der Waals surface area contributed by atoms with Crippen LogP contribution in [0.1, 0.15) is 52.4 Å². The number of sulfonamides is 1. The zero-order valence-electron chi connectivity index (χ0n) is 12.3. The van der Waals surface area contributed by atoms with E-state index in [1.807, 2.05) is 0 Å². The van der Waals surface area contributed by atoms with Crippen LogP contribution in [0, 0.1) is 5.92 Å². The Morgan fingerprint density at radius 1 is 1.21 bits per heavy atom. The molecule has 1 aliphatic carbocycles. The van der Waals surface area contributed by atoms with Crippen molar-refractivity contribution in [3.63, 3.8) is 0 Å². The van der Waals surface area contributed by atoms with Gasteiger partial charge in [-0.05, 0) is 51.0 Å². The average Bonchev–Trinajstić information content (AvgIpc) is 3.01. The Hall–Kier alpha value is -0.130. The molecule has 0 aromatic rings. The number of hydrogen-bond acceptors (Lipinski definition) is 3. The molecule has 2 fully saturated rings.